The molecule has 1 saturated carbocycles. The van der Waals surface area contributed by atoms with E-state index in [2.05, 4.69) is 5.32 Å². The fourth-order valence-corrected chi connectivity index (χ4v) is 3.72. The van der Waals surface area contributed by atoms with Gasteiger partial charge in [-0.2, -0.15) is 0 Å². The van der Waals surface area contributed by atoms with Gasteiger partial charge in [0.2, 0.25) is 0 Å². The number of hydrogen-bond acceptors (Lipinski definition) is 5. The van der Waals surface area contributed by atoms with Crippen molar-refractivity contribution in [2.45, 2.75) is 89.3 Å². The molecular weight excluding hydrogens is 320 g/mol. The van der Waals surface area contributed by atoms with E-state index in [1.54, 1.807) is 4.90 Å². The van der Waals surface area contributed by atoms with E-state index < -0.39 is 5.60 Å². The Hall–Kier alpha value is -0.850. The number of ether oxygens (including phenoxy) is 3. The first-order chi connectivity index (χ1) is 11.9. The number of rotatable bonds is 4. The van der Waals surface area contributed by atoms with Crippen LogP contribution < -0.4 is 5.32 Å². The number of piperidine rings is 2. The Balaban J connectivity index is 1.29. The minimum absolute atomic E-state index is 0.204. The van der Waals surface area contributed by atoms with E-state index in [1.807, 2.05) is 20.8 Å². The lowest BCUT2D eigenvalue weighted by molar-refractivity contribution is -0.153. The first kappa shape index (κ1) is 18.9. The van der Waals surface area contributed by atoms with Crippen molar-refractivity contribution in [1.29, 1.82) is 0 Å². The summed E-state index contributed by atoms with van der Waals surface area (Å²) in [6, 6.07) is 0. The van der Waals surface area contributed by atoms with Gasteiger partial charge >= 0.3 is 6.09 Å². The summed E-state index contributed by atoms with van der Waals surface area (Å²) in [4.78, 5) is 13.9. The van der Waals surface area contributed by atoms with Gasteiger partial charge in [-0.25, -0.2) is 4.79 Å². The standard InChI is InChI=1S/C19H34N2O4/c1-19(2,3)25-18(22)21-10-6-15(7-11-21)24-17-12-16(13-17)23-14-4-8-20-9-5-14/h14-17,20H,4-13H2,1-3H3. The summed E-state index contributed by atoms with van der Waals surface area (Å²) in [6.45, 7) is 9.31. The molecule has 3 rings (SSSR count). The molecule has 2 heterocycles. The number of carbonyl (C=O) groups is 1. The highest BCUT2D eigenvalue weighted by Gasteiger charge is 2.36. The Morgan fingerprint density at radius 2 is 1.40 bits per heavy atom. The van der Waals surface area contributed by atoms with Gasteiger partial charge in [0.15, 0.2) is 0 Å². The van der Waals surface area contributed by atoms with Crippen LogP contribution in [0.5, 0.6) is 0 Å². The van der Waals surface area contributed by atoms with E-state index >= 15 is 0 Å². The molecule has 3 fully saturated rings. The van der Waals surface area contributed by atoms with Crippen LogP contribution >= 0.6 is 0 Å². The molecular formula is C19H34N2O4. The number of hydrogen-bond donors (Lipinski definition) is 1. The van der Waals surface area contributed by atoms with Gasteiger partial charge in [0.05, 0.1) is 24.4 Å². The molecule has 0 atom stereocenters. The largest absolute Gasteiger partial charge is 0.444 e. The van der Waals surface area contributed by atoms with E-state index in [9.17, 15) is 4.79 Å². The molecule has 25 heavy (non-hydrogen) atoms. The van der Waals surface area contributed by atoms with E-state index in [4.69, 9.17) is 14.2 Å². The third kappa shape index (κ3) is 5.83. The van der Waals surface area contributed by atoms with Crippen LogP contribution in [-0.4, -0.2) is 67.2 Å². The van der Waals surface area contributed by atoms with Crippen molar-refractivity contribution in [2.24, 2.45) is 0 Å². The average molecular weight is 354 g/mol. The maximum absolute atomic E-state index is 12.1. The minimum Gasteiger partial charge on any atom is -0.444 e. The van der Waals surface area contributed by atoms with Crippen molar-refractivity contribution in [2.75, 3.05) is 26.2 Å². The molecule has 2 saturated heterocycles. The van der Waals surface area contributed by atoms with E-state index in [1.165, 1.54) is 0 Å². The molecule has 0 bridgehead atoms. The van der Waals surface area contributed by atoms with Crippen molar-refractivity contribution in [3.05, 3.63) is 0 Å². The highest BCUT2D eigenvalue weighted by Crippen LogP contribution is 2.31. The number of carbonyl (C=O) groups excluding carboxylic acids is 1. The fraction of sp³-hybridized carbons (Fsp3) is 0.947. The number of nitrogens with one attached hydrogen (secondary N) is 1. The molecule has 6 heteroatoms. The Morgan fingerprint density at radius 1 is 0.880 bits per heavy atom. The zero-order valence-corrected chi connectivity index (χ0v) is 16.0. The van der Waals surface area contributed by atoms with Crippen LogP contribution in [0.2, 0.25) is 0 Å². The third-order valence-electron chi connectivity index (χ3n) is 5.20. The fourth-order valence-electron chi connectivity index (χ4n) is 3.72. The van der Waals surface area contributed by atoms with Crippen molar-refractivity contribution < 1.29 is 19.0 Å². The molecule has 0 aromatic carbocycles. The Kier molecular flexibility index (Phi) is 6.23. The average Bonchev–Trinajstić information content (AvgIpc) is 2.53. The summed E-state index contributed by atoms with van der Waals surface area (Å²) in [6.07, 6.45) is 7.32. The molecule has 2 aliphatic heterocycles. The van der Waals surface area contributed by atoms with Gasteiger partial charge in [-0.1, -0.05) is 0 Å². The van der Waals surface area contributed by atoms with E-state index in [0.29, 0.717) is 18.3 Å². The second-order valence-electron chi connectivity index (χ2n) is 8.60. The highest BCUT2D eigenvalue weighted by atomic mass is 16.6. The Morgan fingerprint density at radius 3 is 1.92 bits per heavy atom. The summed E-state index contributed by atoms with van der Waals surface area (Å²) in [5.41, 5.74) is -0.431. The van der Waals surface area contributed by atoms with Gasteiger partial charge in [0, 0.05) is 13.1 Å². The van der Waals surface area contributed by atoms with Gasteiger partial charge in [-0.05, 0) is 72.4 Å². The summed E-state index contributed by atoms with van der Waals surface area (Å²) in [7, 11) is 0. The smallest absolute Gasteiger partial charge is 0.410 e. The number of likely N-dealkylation sites (tertiary alicyclic amines) is 1. The third-order valence-corrected chi connectivity index (χ3v) is 5.20. The normalized spacial score (nSPS) is 29.3. The Labute approximate surface area is 151 Å². The lowest BCUT2D eigenvalue weighted by Gasteiger charge is -2.41. The van der Waals surface area contributed by atoms with Crippen molar-refractivity contribution >= 4 is 6.09 Å². The topological polar surface area (TPSA) is 60.0 Å². The van der Waals surface area contributed by atoms with Crippen LogP contribution in [0, 0.1) is 0 Å². The van der Waals surface area contributed by atoms with Crippen LogP contribution in [0.4, 0.5) is 4.79 Å². The molecule has 0 aromatic heterocycles. The van der Waals surface area contributed by atoms with Crippen LogP contribution in [0.25, 0.3) is 0 Å². The monoisotopic (exact) mass is 354 g/mol. The minimum atomic E-state index is -0.431. The number of nitrogens with zero attached hydrogens (tertiary/aromatic N) is 1. The zero-order valence-electron chi connectivity index (χ0n) is 16.0. The summed E-state index contributed by atoms with van der Waals surface area (Å²) >= 11 is 0. The van der Waals surface area contributed by atoms with Crippen LogP contribution in [0.15, 0.2) is 0 Å². The molecule has 0 spiro atoms. The Bertz CT molecular complexity index is 431. The highest BCUT2D eigenvalue weighted by molar-refractivity contribution is 5.68. The molecule has 0 radical (unpaired) electrons. The first-order valence-electron chi connectivity index (χ1n) is 9.88. The van der Waals surface area contributed by atoms with Gasteiger partial charge in [0.25, 0.3) is 0 Å². The molecule has 6 nitrogen and oxygen atoms in total. The predicted molar refractivity (Wildman–Crippen MR) is 95.7 cm³/mol. The van der Waals surface area contributed by atoms with Crippen LogP contribution in [0.1, 0.15) is 59.3 Å². The van der Waals surface area contributed by atoms with Crippen molar-refractivity contribution in [3.63, 3.8) is 0 Å². The van der Waals surface area contributed by atoms with Crippen LogP contribution in [-0.2, 0) is 14.2 Å². The lowest BCUT2D eigenvalue weighted by atomic mass is 9.90. The van der Waals surface area contributed by atoms with Crippen LogP contribution in [0.3, 0.4) is 0 Å². The number of amides is 1. The quantitative estimate of drug-likeness (QED) is 0.841. The van der Waals surface area contributed by atoms with Crippen molar-refractivity contribution in [1.82, 2.24) is 10.2 Å². The second kappa shape index (κ2) is 8.23. The van der Waals surface area contributed by atoms with Gasteiger partial charge in [0.1, 0.15) is 5.60 Å². The SMILES string of the molecule is CC(C)(C)OC(=O)N1CCC(OC2CC(OC3CCNCC3)C2)CC1. The molecule has 0 unspecified atom stereocenters. The molecule has 0 aromatic rings. The second-order valence-corrected chi connectivity index (χ2v) is 8.60. The maximum Gasteiger partial charge on any atom is 0.410 e. The summed E-state index contributed by atoms with van der Waals surface area (Å²) in [5, 5.41) is 3.37. The predicted octanol–water partition coefficient (Wildman–Crippen LogP) is 2.70. The molecule has 144 valence electrons. The summed E-state index contributed by atoms with van der Waals surface area (Å²) < 4.78 is 17.8. The van der Waals surface area contributed by atoms with Gasteiger partial charge in [-0.15, -0.1) is 0 Å². The molecule has 1 amide bonds. The molecule has 3 aliphatic rings. The molecule has 1 aliphatic carbocycles. The van der Waals surface area contributed by atoms with E-state index in [-0.39, 0.29) is 12.2 Å². The van der Waals surface area contributed by atoms with Gasteiger partial charge in [-0.3, -0.25) is 0 Å². The summed E-state index contributed by atoms with van der Waals surface area (Å²) in [5.74, 6) is 0. The van der Waals surface area contributed by atoms with Gasteiger partial charge < -0.3 is 24.4 Å². The van der Waals surface area contributed by atoms with E-state index in [0.717, 1.165) is 64.7 Å². The molecule has 1 N–H and O–H groups in total. The lowest BCUT2D eigenvalue weighted by Crippen LogP contribution is -2.47. The zero-order chi connectivity index (χ0) is 17.9. The van der Waals surface area contributed by atoms with Crippen molar-refractivity contribution in [3.8, 4) is 0 Å². The first-order valence-corrected chi connectivity index (χ1v) is 9.88. The maximum atomic E-state index is 12.1.